The number of nitrogen functional groups attached to an aromatic ring is 1. The van der Waals surface area contributed by atoms with Gasteiger partial charge in [0.15, 0.2) is 0 Å². The molecule has 0 aliphatic carbocycles. The van der Waals surface area contributed by atoms with Crippen molar-refractivity contribution in [3.05, 3.63) is 47.8 Å². The molecule has 1 aliphatic heterocycles. The molecule has 6 nitrogen and oxygen atoms in total. The topological polar surface area (TPSA) is 80.5 Å². The van der Waals surface area contributed by atoms with Crippen LogP contribution in [0.4, 0.5) is 14.9 Å². The summed E-state index contributed by atoms with van der Waals surface area (Å²) in [5.41, 5.74) is 10.2. The van der Waals surface area contributed by atoms with Crippen molar-refractivity contribution in [1.82, 2.24) is 15.2 Å². The number of alkyl carbamates (subject to hydrolysis) is 1. The van der Waals surface area contributed by atoms with Crippen LogP contribution in [0.15, 0.2) is 36.5 Å². The van der Waals surface area contributed by atoms with Crippen LogP contribution >= 0.6 is 0 Å². The van der Waals surface area contributed by atoms with Crippen molar-refractivity contribution in [2.45, 2.75) is 58.5 Å². The van der Waals surface area contributed by atoms with Gasteiger partial charge in [-0.1, -0.05) is 6.07 Å². The normalized spacial score (nSPS) is 20.0. The third-order valence-corrected chi connectivity index (χ3v) is 4.98. The summed E-state index contributed by atoms with van der Waals surface area (Å²) in [4.78, 5) is 18.6. The molecule has 0 saturated carbocycles. The fourth-order valence-corrected chi connectivity index (χ4v) is 3.60. The molecule has 2 aromatic rings. The molecule has 3 rings (SSSR count). The number of alkyl halides is 1. The van der Waals surface area contributed by atoms with E-state index in [9.17, 15) is 9.18 Å². The van der Waals surface area contributed by atoms with Crippen molar-refractivity contribution in [2.24, 2.45) is 0 Å². The number of nitrogens with two attached hydrogens (primary N) is 1. The molecule has 2 atom stereocenters. The number of ether oxygens (including phenoxy) is 1. The number of amides is 1. The minimum absolute atomic E-state index is 0.359. The molecular formula is C23H31FN4O2. The number of anilines is 1. The predicted octanol–water partition coefficient (Wildman–Crippen LogP) is 4.08. The Morgan fingerprint density at radius 1 is 1.30 bits per heavy atom. The van der Waals surface area contributed by atoms with Gasteiger partial charge in [-0.25, -0.2) is 9.18 Å². The van der Waals surface area contributed by atoms with Gasteiger partial charge in [-0.2, -0.15) is 0 Å². The summed E-state index contributed by atoms with van der Waals surface area (Å²) in [5.74, 6) is 0. The molecule has 1 amide bonds. The molecule has 30 heavy (non-hydrogen) atoms. The molecular weight excluding hydrogens is 383 g/mol. The molecule has 0 spiro atoms. The van der Waals surface area contributed by atoms with Crippen LogP contribution < -0.4 is 11.1 Å². The number of benzene rings is 1. The Hall–Kier alpha value is -2.67. The third-order valence-electron chi connectivity index (χ3n) is 4.98. The van der Waals surface area contributed by atoms with Crippen LogP contribution in [0.3, 0.4) is 0 Å². The van der Waals surface area contributed by atoms with Gasteiger partial charge in [0.2, 0.25) is 0 Å². The van der Waals surface area contributed by atoms with E-state index in [4.69, 9.17) is 10.5 Å². The number of halogens is 1. The number of likely N-dealkylation sites (tertiary alicyclic amines) is 1. The van der Waals surface area contributed by atoms with Gasteiger partial charge in [0.05, 0.1) is 6.04 Å². The average Bonchev–Trinajstić information content (AvgIpc) is 2.63. The van der Waals surface area contributed by atoms with E-state index in [0.29, 0.717) is 31.7 Å². The zero-order chi connectivity index (χ0) is 21.9. The lowest BCUT2D eigenvalue weighted by atomic mass is 10.0. The first-order valence-corrected chi connectivity index (χ1v) is 10.3. The molecule has 0 bridgehead atoms. The summed E-state index contributed by atoms with van der Waals surface area (Å²) in [6.07, 6.45) is 0.514. The Kier molecular flexibility index (Phi) is 6.61. The zero-order valence-electron chi connectivity index (χ0n) is 18.1. The maximum absolute atomic E-state index is 14.4. The highest BCUT2D eigenvalue weighted by Gasteiger charge is 2.31. The fourth-order valence-electron chi connectivity index (χ4n) is 3.60. The van der Waals surface area contributed by atoms with Crippen LogP contribution in [0.5, 0.6) is 0 Å². The van der Waals surface area contributed by atoms with Crippen LogP contribution in [-0.2, 0) is 11.3 Å². The van der Waals surface area contributed by atoms with E-state index in [1.165, 1.54) is 0 Å². The fraction of sp³-hybridized carbons (Fsp3) is 0.478. The smallest absolute Gasteiger partial charge is 0.408 e. The first-order valence-electron chi connectivity index (χ1n) is 10.3. The molecule has 162 valence electrons. The Labute approximate surface area is 177 Å². The highest BCUT2D eigenvalue weighted by atomic mass is 19.1. The van der Waals surface area contributed by atoms with Crippen LogP contribution in [0, 0.1) is 6.92 Å². The second-order valence-electron chi connectivity index (χ2n) is 8.94. The molecule has 2 heterocycles. The third kappa shape index (κ3) is 6.16. The Balaban J connectivity index is 1.68. The number of nitrogens with zero attached hydrogens (tertiary/aromatic N) is 2. The lowest BCUT2D eigenvalue weighted by Gasteiger charge is -2.35. The van der Waals surface area contributed by atoms with Gasteiger partial charge >= 0.3 is 6.09 Å². The number of piperidine rings is 1. The van der Waals surface area contributed by atoms with Gasteiger partial charge in [0.25, 0.3) is 0 Å². The van der Waals surface area contributed by atoms with Crippen LogP contribution in [0.1, 0.15) is 38.4 Å². The Morgan fingerprint density at radius 3 is 2.73 bits per heavy atom. The van der Waals surface area contributed by atoms with Gasteiger partial charge in [-0.05, 0) is 69.5 Å². The molecule has 7 heteroatoms. The molecule has 0 unspecified atom stereocenters. The van der Waals surface area contributed by atoms with E-state index in [1.54, 1.807) is 20.8 Å². The Bertz CT molecular complexity index is 880. The molecule has 1 fully saturated rings. The van der Waals surface area contributed by atoms with Crippen molar-refractivity contribution in [3.8, 4) is 11.1 Å². The van der Waals surface area contributed by atoms with Crippen molar-refractivity contribution < 1.29 is 13.9 Å². The minimum atomic E-state index is -1.09. The van der Waals surface area contributed by atoms with E-state index in [2.05, 4.69) is 21.3 Å². The number of pyridine rings is 1. The lowest BCUT2D eigenvalue weighted by molar-refractivity contribution is 0.0389. The number of carbonyl (C=O) groups excluding carboxylic acids is 1. The summed E-state index contributed by atoms with van der Waals surface area (Å²) in [5, 5.41) is 2.68. The standard InChI is InChI=1S/C23H31FN4O2/c1-15-5-6-17(12-26-15)18-9-16(10-19(25)11-18)13-28-8-7-20(24)21(14-28)27-22(29)30-23(2,3)4/h5-6,9-12,20-21H,7-8,13-14,25H2,1-4H3,(H,27,29)/t20-,21-/m1/s1. The number of nitrogens with one attached hydrogen (secondary N) is 1. The van der Waals surface area contributed by atoms with Crippen LogP contribution in [-0.4, -0.2) is 46.9 Å². The van der Waals surface area contributed by atoms with Crippen LogP contribution in [0.25, 0.3) is 11.1 Å². The SMILES string of the molecule is Cc1ccc(-c2cc(N)cc(CN3CC[C@@H](F)[C@H](NC(=O)OC(C)(C)C)C3)c2)cn1. The second-order valence-corrected chi connectivity index (χ2v) is 8.94. The average molecular weight is 415 g/mol. The van der Waals surface area contributed by atoms with E-state index in [-0.39, 0.29) is 0 Å². The number of aryl methyl sites for hydroxylation is 1. The van der Waals surface area contributed by atoms with Gasteiger partial charge in [0, 0.05) is 42.8 Å². The highest BCUT2D eigenvalue weighted by Crippen LogP contribution is 2.25. The van der Waals surface area contributed by atoms with Crippen LogP contribution in [0.2, 0.25) is 0 Å². The molecule has 1 aromatic heterocycles. The summed E-state index contributed by atoms with van der Waals surface area (Å²) < 4.78 is 19.7. The molecule has 0 radical (unpaired) electrons. The molecule has 1 aromatic carbocycles. The van der Waals surface area contributed by atoms with E-state index < -0.39 is 23.9 Å². The Morgan fingerprint density at radius 2 is 2.07 bits per heavy atom. The molecule has 3 N–H and O–H groups in total. The number of carbonyl (C=O) groups is 1. The molecule has 1 saturated heterocycles. The summed E-state index contributed by atoms with van der Waals surface area (Å²) in [6, 6.07) is 9.34. The quantitative estimate of drug-likeness (QED) is 0.737. The minimum Gasteiger partial charge on any atom is -0.444 e. The largest absolute Gasteiger partial charge is 0.444 e. The lowest BCUT2D eigenvalue weighted by Crippen LogP contribution is -2.54. The molecule has 1 aliphatic rings. The van der Waals surface area contributed by atoms with E-state index >= 15 is 0 Å². The van der Waals surface area contributed by atoms with Crippen molar-refractivity contribution in [3.63, 3.8) is 0 Å². The van der Waals surface area contributed by atoms with Crippen molar-refractivity contribution >= 4 is 11.8 Å². The summed E-state index contributed by atoms with van der Waals surface area (Å²) in [7, 11) is 0. The summed E-state index contributed by atoms with van der Waals surface area (Å²) >= 11 is 0. The zero-order valence-corrected chi connectivity index (χ0v) is 18.1. The predicted molar refractivity (Wildman–Crippen MR) is 117 cm³/mol. The van der Waals surface area contributed by atoms with E-state index in [1.807, 2.05) is 37.4 Å². The maximum atomic E-state index is 14.4. The van der Waals surface area contributed by atoms with E-state index in [0.717, 1.165) is 22.4 Å². The number of aromatic nitrogens is 1. The van der Waals surface area contributed by atoms with Gasteiger partial charge in [-0.15, -0.1) is 0 Å². The van der Waals surface area contributed by atoms with Crippen molar-refractivity contribution in [2.75, 3.05) is 18.8 Å². The number of hydrogen-bond donors (Lipinski definition) is 2. The first kappa shape index (κ1) is 22.0. The number of hydrogen-bond acceptors (Lipinski definition) is 5. The highest BCUT2D eigenvalue weighted by molar-refractivity contribution is 5.68. The summed E-state index contributed by atoms with van der Waals surface area (Å²) in [6.45, 7) is 8.96. The van der Waals surface area contributed by atoms with Gasteiger partial charge in [-0.3, -0.25) is 9.88 Å². The maximum Gasteiger partial charge on any atom is 0.408 e. The first-order chi connectivity index (χ1) is 14.1. The van der Waals surface area contributed by atoms with Gasteiger partial charge in [0.1, 0.15) is 11.8 Å². The number of rotatable bonds is 4. The van der Waals surface area contributed by atoms with Gasteiger partial charge < -0.3 is 15.8 Å². The van der Waals surface area contributed by atoms with Crippen molar-refractivity contribution in [1.29, 1.82) is 0 Å². The second kappa shape index (κ2) is 9.00. The monoisotopic (exact) mass is 414 g/mol.